The zero-order chi connectivity index (χ0) is 30.9. The number of thiophene rings is 1. The fraction of sp³-hybridized carbons (Fsp3) is 0.559. The van der Waals surface area contributed by atoms with Crippen molar-refractivity contribution in [3.63, 3.8) is 0 Å². The van der Waals surface area contributed by atoms with Crippen molar-refractivity contribution in [1.29, 1.82) is 0 Å². The van der Waals surface area contributed by atoms with Gasteiger partial charge in [-0.3, -0.25) is 4.79 Å². The number of esters is 1. The van der Waals surface area contributed by atoms with E-state index in [9.17, 15) is 13.2 Å². The Balaban J connectivity index is 0.000000358. The number of carbonyl (C=O) groups is 1. The van der Waals surface area contributed by atoms with Crippen LogP contribution < -0.4 is 9.46 Å². The molecule has 2 aliphatic rings. The first-order valence-corrected chi connectivity index (χ1v) is 17.1. The summed E-state index contributed by atoms with van der Waals surface area (Å²) in [5.74, 6) is 0.564. The van der Waals surface area contributed by atoms with Gasteiger partial charge in [0.15, 0.2) is 0 Å². The van der Waals surface area contributed by atoms with Gasteiger partial charge in [-0.2, -0.15) is 0 Å². The molecule has 246 valence electrons. The van der Waals surface area contributed by atoms with E-state index in [4.69, 9.17) is 14.5 Å². The van der Waals surface area contributed by atoms with Crippen molar-refractivity contribution in [2.75, 3.05) is 0 Å². The minimum atomic E-state index is -2.94. The summed E-state index contributed by atoms with van der Waals surface area (Å²) < 4.78 is 35.8. The van der Waals surface area contributed by atoms with Crippen molar-refractivity contribution in [2.24, 2.45) is 5.92 Å². The minimum absolute atomic E-state index is 0. The summed E-state index contributed by atoms with van der Waals surface area (Å²) >= 11 is 1.64. The van der Waals surface area contributed by atoms with Gasteiger partial charge in [0.2, 0.25) is 15.9 Å². The van der Waals surface area contributed by atoms with E-state index in [0.29, 0.717) is 5.88 Å². The summed E-state index contributed by atoms with van der Waals surface area (Å²) in [6, 6.07) is 11.9. The highest BCUT2D eigenvalue weighted by atomic mass is 32.2. The van der Waals surface area contributed by atoms with E-state index in [1.54, 1.807) is 11.3 Å². The van der Waals surface area contributed by atoms with Crippen LogP contribution >= 0.6 is 11.3 Å². The molecule has 0 unspecified atom stereocenters. The quantitative estimate of drug-likeness (QED) is 0.232. The SMILES string of the molecule is C.C.C=Cc1ccc(-c2nc3ccccc3nc2OC(C)C)s1.CC(C)C(=O)OC1CCCC1.CC(C)NS(=O)(=O)C1CC1. The number of nitrogens with zero attached hydrogens (tertiary/aromatic N) is 2. The molecule has 5 rings (SSSR count). The molecule has 0 bridgehead atoms. The van der Waals surface area contributed by atoms with Crippen LogP contribution in [-0.4, -0.2) is 47.9 Å². The van der Waals surface area contributed by atoms with Crippen LogP contribution in [0, 0.1) is 5.92 Å². The van der Waals surface area contributed by atoms with Crippen molar-refractivity contribution >= 4 is 44.4 Å². The van der Waals surface area contributed by atoms with Gasteiger partial charge in [-0.15, -0.1) is 11.3 Å². The molecule has 0 amide bonds. The van der Waals surface area contributed by atoms with Gasteiger partial charge in [0.1, 0.15) is 11.8 Å². The molecule has 10 heteroatoms. The average molecular weight is 648 g/mol. The number of para-hydroxylation sites is 2. The Hall–Kier alpha value is -2.82. The van der Waals surface area contributed by atoms with Crippen molar-refractivity contribution in [1.82, 2.24) is 14.7 Å². The first-order valence-electron chi connectivity index (χ1n) is 14.8. The summed E-state index contributed by atoms with van der Waals surface area (Å²) in [6.07, 6.45) is 8.36. The molecule has 1 N–H and O–H groups in total. The zero-order valence-electron chi connectivity index (χ0n) is 25.6. The molecule has 0 radical (unpaired) electrons. The second kappa shape index (κ2) is 18.2. The van der Waals surface area contributed by atoms with E-state index in [1.807, 2.05) is 84.0 Å². The minimum Gasteiger partial charge on any atom is -0.473 e. The van der Waals surface area contributed by atoms with E-state index in [-0.39, 0.29) is 50.2 Å². The van der Waals surface area contributed by atoms with Gasteiger partial charge < -0.3 is 9.47 Å². The van der Waals surface area contributed by atoms with E-state index in [1.165, 1.54) is 12.8 Å². The van der Waals surface area contributed by atoms with Crippen LogP contribution in [0.15, 0.2) is 43.0 Å². The Bertz CT molecular complexity index is 1420. The maximum Gasteiger partial charge on any atom is 0.308 e. The number of rotatable bonds is 9. The predicted octanol–water partition coefficient (Wildman–Crippen LogP) is 8.67. The molecule has 0 aliphatic heterocycles. The summed E-state index contributed by atoms with van der Waals surface area (Å²) in [5, 5.41) is -0.0881. The molecule has 2 aliphatic carbocycles. The van der Waals surface area contributed by atoms with E-state index in [2.05, 4.69) is 16.3 Å². The Kier molecular flexibility index (Phi) is 16.2. The number of hydrogen-bond acceptors (Lipinski definition) is 8. The van der Waals surface area contributed by atoms with Crippen LogP contribution in [0.1, 0.15) is 99.8 Å². The van der Waals surface area contributed by atoms with Crippen molar-refractivity contribution in [3.05, 3.63) is 47.9 Å². The molecule has 2 fully saturated rings. The fourth-order valence-corrected chi connectivity index (χ4v) is 6.59. The summed E-state index contributed by atoms with van der Waals surface area (Å²) in [4.78, 5) is 22.6. The number of carbonyl (C=O) groups excluding carboxylic acids is 1. The predicted molar refractivity (Wildman–Crippen MR) is 186 cm³/mol. The lowest BCUT2D eigenvalue weighted by Crippen LogP contribution is -2.32. The number of aromatic nitrogens is 2. The van der Waals surface area contributed by atoms with Gasteiger partial charge in [-0.25, -0.2) is 23.1 Å². The normalized spacial score (nSPS) is 14.6. The molecule has 0 spiro atoms. The van der Waals surface area contributed by atoms with E-state index >= 15 is 0 Å². The molecule has 3 aromatic rings. The number of hydrogen-bond donors (Lipinski definition) is 1. The van der Waals surface area contributed by atoms with Crippen LogP contribution in [0.3, 0.4) is 0 Å². The summed E-state index contributed by atoms with van der Waals surface area (Å²) in [6.45, 7) is 15.2. The van der Waals surface area contributed by atoms with Crippen molar-refractivity contribution in [2.45, 2.75) is 118 Å². The third-order valence-corrected chi connectivity index (χ3v) is 9.60. The third-order valence-electron chi connectivity index (χ3n) is 6.37. The largest absolute Gasteiger partial charge is 0.473 e. The number of fused-ring (bicyclic) bond motifs is 1. The Labute approximate surface area is 269 Å². The number of sulfonamides is 1. The number of ether oxygens (including phenoxy) is 2. The first-order chi connectivity index (χ1) is 19.9. The summed E-state index contributed by atoms with van der Waals surface area (Å²) in [5.41, 5.74) is 2.51. The molecule has 1 aromatic carbocycles. The highest BCUT2D eigenvalue weighted by Gasteiger charge is 2.35. The van der Waals surface area contributed by atoms with Crippen LogP contribution in [-0.2, 0) is 19.6 Å². The second-order valence-corrected chi connectivity index (χ2v) is 14.6. The standard InChI is InChI=1S/C17H16N2OS.C9H16O2.C6H13NO2S.2CH4/c1-4-12-9-10-15(21-12)16-17(20-11(2)3)19-14-8-6-5-7-13(14)18-16;1-7(2)9(10)11-8-5-3-4-6-8;1-5(2)7-10(8,9)6-3-4-6;;/h4-11H,1H2,2-3H3;7-8H,3-6H2,1-2H3;5-7H,3-4H2,1-2H3;2*1H4. The highest BCUT2D eigenvalue weighted by molar-refractivity contribution is 7.90. The molecular formula is C34H53N3O5S2. The van der Waals surface area contributed by atoms with Gasteiger partial charge in [0, 0.05) is 10.9 Å². The Morgan fingerprint density at radius 3 is 2.02 bits per heavy atom. The number of benzene rings is 1. The van der Waals surface area contributed by atoms with E-state index in [0.717, 1.165) is 52.2 Å². The lowest BCUT2D eigenvalue weighted by Gasteiger charge is -2.12. The lowest BCUT2D eigenvalue weighted by atomic mass is 10.2. The fourth-order valence-electron chi connectivity index (χ4n) is 4.15. The van der Waals surface area contributed by atoms with Gasteiger partial charge in [0.05, 0.1) is 33.2 Å². The van der Waals surface area contributed by atoms with Gasteiger partial charge in [-0.05, 0) is 90.5 Å². The van der Waals surface area contributed by atoms with Crippen LogP contribution in [0.5, 0.6) is 5.88 Å². The molecular weight excluding hydrogens is 595 g/mol. The lowest BCUT2D eigenvalue weighted by molar-refractivity contribution is -0.152. The van der Waals surface area contributed by atoms with Crippen molar-refractivity contribution < 1.29 is 22.7 Å². The molecule has 2 aromatic heterocycles. The van der Waals surface area contributed by atoms with Crippen LogP contribution in [0.2, 0.25) is 0 Å². The Morgan fingerprint density at radius 1 is 0.955 bits per heavy atom. The van der Waals surface area contributed by atoms with E-state index < -0.39 is 10.0 Å². The average Bonchev–Trinajstić information content (AvgIpc) is 3.48. The smallest absolute Gasteiger partial charge is 0.308 e. The van der Waals surface area contributed by atoms with Crippen LogP contribution in [0.4, 0.5) is 0 Å². The molecule has 0 saturated heterocycles. The summed E-state index contributed by atoms with van der Waals surface area (Å²) in [7, 11) is -2.94. The molecule has 44 heavy (non-hydrogen) atoms. The molecule has 8 nitrogen and oxygen atoms in total. The van der Waals surface area contributed by atoms with Crippen molar-refractivity contribution in [3.8, 4) is 16.5 Å². The maximum atomic E-state index is 11.1. The maximum absolute atomic E-state index is 11.1. The van der Waals surface area contributed by atoms with Gasteiger partial charge >= 0.3 is 5.97 Å². The number of nitrogens with one attached hydrogen (secondary N) is 1. The first kappa shape index (κ1) is 39.2. The monoisotopic (exact) mass is 647 g/mol. The third kappa shape index (κ3) is 12.3. The van der Waals surface area contributed by atoms with Gasteiger partial charge in [-0.1, -0.05) is 53.5 Å². The van der Waals surface area contributed by atoms with Crippen LogP contribution in [0.25, 0.3) is 27.7 Å². The topological polar surface area (TPSA) is 107 Å². The van der Waals surface area contributed by atoms with Gasteiger partial charge in [0.25, 0.3) is 0 Å². The zero-order valence-corrected chi connectivity index (χ0v) is 27.3. The second-order valence-electron chi connectivity index (χ2n) is 11.5. The molecule has 2 saturated carbocycles. The molecule has 0 atom stereocenters. The molecule has 2 heterocycles. The highest BCUT2D eigenvalue weighted by Crippen LogP contribution is 2.34. The Morgan fingerprint density at radius 2 is 1.55 bits per heavy atom.